The highest BCUT2D eigenvalue weighted by Gasteiger charge is 2.44. The van der Waals surface area contributed by atoms with Gasteiger partial charge in [0.05, 0.1) is 0 Å². The monoisotopic (exact) mass is 690 g/mol. The summed E-state index contributed by atoms with van der Waals surface area (Å²) in [6.07, 6.45) is 3.60. The molecule has 0 fully saturated rings. The summed E-state index contributed by atoms with van der Waals surface area (Å²) in [6, 6.07) is 52.2. The van der Waals surface area contributed by atoms with Gasteiger partial charge in [0.2, 0.25) is 0 Å². The molecule has 0 aliphatic heterocycles. The molecule has 0 spiro atoms. The fourth-order valence-corrected chi connectivity index (χ4v) is 8.93. The summed E-state index contributed by atoms with van der Waals surface area (Å²) >= 11 is 0. The van der Waals surface area contributed by atoms with Crippen LogP contribution < -0.4 is 0 Å². The van der Waals surface area contributed by atoms with Gasteiger partial charge >= 0.3 is 0 Å². The minimum Gasteiger partial charge on any atom is -0.508 e. The molecule has 0 heterocycles. The Bertz CT molecular complexity index is 2640. The summed E-state index contributed by atoms with van der Waals surface area (Å²) < 4.78 is 0. The van der Waals surface area contributed by atoms with Crippen LogP contribution in [0.1, 0.15) is 41.5 Å². The predicted molar refractivity (Wildman–Crippen MR) is 215 cm³/mol. The van der Waals surface area contributed by atoms with Crippen molar-refractivity contribution < 1.29 is 20.4 Å². The van der Waals surface area contributed by atoms with Crippen molar-refractivity contribution in [3.63, 3.8) is 0 Å². The van der Waals surface area contributed by atoms with Gasteiger partial charge in [-0.05, 0) is 134 Å². The molecular formula is C49H38O4. The third kappa shape index (κ3) is 5.29. The quantitative estimate of drug-likeness (QED) is 0.120. The number of hydrogen-bond acceptors (Lipinski definition) is 4. The van der Waals surface area contributed by atoms with Gasteiger partial charge < -0.3 is 20.4 Å². The van der Waals surface area contributed by atoms with Crippen LogP contribution in [0.5, 0.6) is 23.0 Å². The van der Waals surface area contributed by atoms with Gasteiger partial charge in [-0.25, -0.2) is 0 Å². The van der Waals surface area contributed by atoms with Crippen molar-refractivity contribution in [3.05, 3.63) is 180 Å². The van der Waals surface area contributed by atoms with E-state index < -0.39 is 5.41 Å². The van der Waals surface area contributed by atoms with E-state index >= 15 is 0 Å². The van der Waals surface area contributed by atoms with E-state index in [1.807, 2.05) is 18.2 Å². The number of benzene rings is 8. The average Bonchev–Trinajstić information content (AvgIpc) is 3.47. The summed E-state index contributed by atoms with van der Waals surface area (Å²) in [5.74, 6) is 0.717. The molecule has 0 amide bonds. The highest BCUT2D eigenvalue weighted by molar-refractivity contribution is 6.04. The van der Waals surface area contributed by atoms with Crippen LogP contribution in [-0.4, -0.2) is 20.4 Å². The van der Waals surface area contributed by atoms with Crippen molar-refractivity contribution >= 4 is 21.5 Å². The van der Waals surface area contributed by atoms with Crippen LogP contribution >= 0.6 is 0 Å². The van der Waals surface area contributed by atoms with E-state index in [1.165, 1.54) is 27.8 Å². The van der Waals surface area contributed by atoms with Gasteiger partial charge in [-0.3, -0.25) is 0 Å². The van der Waals surface area contributed by atoms with Crippen LogP contribution in [0, 0.1) is 0 Å². The van der Waals surface area contributed by atoms with Crippen LogP contribution in [0.15, 0.2) is 158 Å². The Morgan fingerprint density at radius 1 is 0.358 bits per heavy atom. The maximum absolute atomic E-state index is 10.9. The molecule has 0 saturated carbocycles. The molecule has 1 aliphatic carbocycles. The standard InChI is InChI=1S/C49H38O4/c50-32-20-22-40-42(29-32)37(24-26-47(40)52)36-15-4-3-14-35(36)34-13-2-1-11-31(34)12-9-10-28-49(46-25-27-48(53)41-23-21-33(51)30-43(41)46)44-18-7-5-16-38(44)39-17-6-8-19-45(39)49/h1-8,11,13-27,29-30,50-53H,9-10,12,28H2. The molecule has 0 aromatic heterocycles. The Hall–Kier alpha value is -6.52. The molecule has 1 aliphatic rings. The zero-order chi connectivity index (χ0) is 36.1. The number of fused-ring (bicyclic) bond motifs is 5. The molecular weight excluding hydrogens is 653 g/mol. The van der Waals surface area contributed by atoms with E-state index in [0.29, 0.717) is 5.39 Å². The molecule has 8 aromatic carbocycles. The lowest BCUT2D eigenvalue weighted by molar-refractivity contribution is 0.473. The van der Waals surface area contributed by atoms with Crippen LogP contribution in [0.2, 0.25) is 0 Å². The molecule has 9 rings (SSSR count). The van der Waals surface area contributed by atoms with E-state index in [1.54, 1.807) is 42.5 Å². The van der Waals surface area contributed by atoms with Crippen LogP contribution in [0.3, 0.4) is 0 Å². The highest BCUT2D eigenvalue weighted by atomic mass is 16.3. The first-order valence-electron chi connectivity index (χ1n) is 18.2. The Kier molecular flexibility index (Phi) is 7.89. The average molecular weight is 691 g/mol. The molecule has 0 atom stereocenters. The zero-order valence-corrected chi connectivity index (χ0v) is 29.1. The van der Waals surface area contributed by atoms with Crippen molar-refractivity contribution in [1.29, 1.82) is 0 Å². The van der Waals surface area contributed by atoms with Crippen LogP contribution in [0.25, 0.3) is 54.9 Å². The third-order valence-electron chi connectivity index (χ3n) is 11.3. The SMILES string of the molecule is Oc1ccc2c(O)ccc(-c3ccccc3-c3ccccc3CCCCC3(c4ccc(O)c5ccc(O)cc45)c4ccccc4-c4ccccc43)c2c1. The summed E-state index contributed by atoms with van der Waals surface area (Å²) in [4.78, 5) is 0. The second-order valence-electron chi connectivity index (χ2n) is 14.1. The number of phenols is 4. The topological polar surface area (TPSA) is 80.9 Å². The first-order chi connectivity index (χ1) is 25.9. The van der Waals surface area contributed by atoms with Crippen molar-refractivity contribution in [1.82, 2.24) is 0 Å². The molecule has 0 bridgehead atoms. The second kappa shape index (κ2) is 12.9. The van der Waals surface area contributed by atoms with Gasteiger partial charge in [-0.2, -0.15) is 0 Å². The fourth-order valence-electron chi connectivity index (χ4n) is 8.93. The number of rotatable bonds is 8. The van der Waals surface area contributed by atoms with E-state index in [9.17, 15) is 20.4 Å². The van der Waals surface area contributed by atoms with Crippen LogP contribution in [-0.2, 0) is 11.8 Å². The smallest absolute Gasteiger partial charge is 0.123 e. The summed E-state index contributed by atoms with van der Waals surface area (Å²) in [5, 5.41) is 45.7. The maximum atomic E-state index is 10.9. The highest BCUT2D eigenvalue weighted by Crippen LogP contribution is 2.57. The van der Waals surface area contributed by atoms with E-state index in [2.05, 4.69) is 97.1 Å². The lowest BCUT2D eigenvalue weighted by Crippen LogP contribution is -2.27. The Labute approximate surface area is 308 Å². The summed E-state index contributed by atoms with van der Waals surface area (Å²) in [7, 11) is 0. The van der Waals surface area contributed by atoms with E-state index in [0.717, 1.165) is 69.7 Å². The van der Waals surface area contributed by atoms with Crippen molar-refractivity contribution in [2.45, 2.75) is 31.1 Å². The predicted octanol–water partition coefficient (Wildman–Crippen LogP) is 11.9. The van der Waals surface area contributed by atoms with Crippen LogP contribution in [0.4, 0.5) is 0 Å². The minimum absolute atomic E-state index is 0.157. The first-order valence-corrected chi connectivity index (χ1v) is 18.2. The maximum Gasteiger partial charge on any atom is 0.123 e. The van der Waals surface area contributed by atoms with Crippen molar-refractivity contribution in [2.24, 2.45) is 0 Å². The molecule has 8 aromatic rings. The van der Waals surface area contributed by atoms with Gasteiger partial charge in [0.15, 0.2) is 0 Å². The molecule has 0 unspecified atom stereocenters. The number of unbranched alkanes of at least 4 members (excludes halogenated alkanes) is 1. The Morgan fingerprint density at radius 3 is 1.53 bits per heavy atom. The molecule has 0 radical (unpaired) electrons. The van der Waals surface area contributed by atoms with Crippen molar-refractivity contribution in [2.75, 3.05) is 0 Å². The molecule has 4 nitrogen and oxygen atoms in total. The number of hydrogen-bond donors (Lipinski definition) is 4. The fraction of sp³-hybridized carbons (Fsp3) is 0.102. The minimum atomic E-state index is -0.482. The number of aryl methyl sites for hydroxylation is 1. The molecule has 0 saturated heterocycles. The summed E-state index contributed by atoms with van der Waals surface area (Å²) in [5.41, 5.74) is 11.1. The Balaban J connectivity index is 1.10. The van der Waals surface area contributed by atoms with Crippen molar-refractivity contribution in [3.8, 4) is 56.4 Å². The largest absolute Gasteiger partial charge is 0.508 e. The lowest BCUT2D eigenvalue weighted by atomic mass is 9.68. The van der Waals surface area contributed by atoms with Gasteiger partial charge in [-0.15, -0.1) is 0 Å². The zero-order valence-electron chi connectivity index (χ0n) is 29.1. The van der Waals surface area contributed by atoms with E-state index in [-0.39, 0.29) is 23.0 Å². The lowest BCUT2D eigenvalue weighted by Gasteiger charge is -2.34. The van der Waals surface area contributed by atoms with Gasteiger partial charge in [0, 0.05) is 16.2 Å². The summed E-state index contributed by atoms with van der Waals surface area (Å²) in [6.45, 7) is 0. The molecule has 4 heteroatoms. The normalized spacial score (nSPS) is 12.9. The molecule has 53 heavy (non-hydrogen) atoms. The molecule has 258 valence electrons. The van der Waals surface area contributed by atoms with Gasteiger partial charge in [0.1, 0.15) is 23.0 Å². The Morgan fingerprint density at radius 2 is 0.868 bits per heavy atom. The third-order valence-corrected chi connectivity index (χ3v) is 11.3. The first kappa shape index (κ1) is 32.4. The van der Waals surface area contributed by atoms with Gasteiger partial charge in [-0.1, -0.05) is 116 Å². The van der Waals surface area contributed by atoms with Gasteiger partial charge in [0.25, 0.3) is 0 Å². The number of aromatic hydroxyl groups is 4. The molecule has 4 N–H and O–H groups in total. The van der Waals surface area contributed by atoms with E-state index in [4.69, 9.17) is 0 Å². The number of phenolic OH excluding ortho intramolecular Hbond substituents is 4. The second-order valence-corrected chi connectivity index (χ2v) is 14.1.